The molecule has 3 rings (SSSR count). The SMILES string of the molecule is CC1CC(OCC2C(=O)OC3C=CCC32)OC1=O. The van der Waals surface area contributed by atoms with E-state index in [4.69, 9.17) is 14.2 Å². The number of hydrogen-bond donors (Lipinski definition) is 0. The molecule has 5 nitrogen and oxygen atoms in total. The molecule has 0 radical (unpaired) electrons. The second-order valence-electron chi connectivity index (χ2n) is 5.17. The van der Waals surface area contributed by atoms with Crippen LogP contribution in [-0.2, 0) is 23.8 Å². The van der Waals surface area contributed by atoms with Crippen LogP contribution in [0.15, 0.2) is 12.2 Å². The largest absolute Gasteiger partial charge is 0.458 e. The molecule has 2 fully saturated rings. The molecule has 2 heterocycles. The molecule has 0 aromatic carbocycles. The van der Waals surface area contributed by atoms with Crippen LogP contribution in [0, 0.1) is 17.8 Å². The van der Waals surface area contributed by atoms with Crippen LogP contribution in [0.5, 0.6) is 0 Å². The highest BCUT2D eigenvalue weighted by atomic mass is 16.7. The van der Waals surface area contributed by atoms with Crippen molar-refractivity contribution in [3.05, 3.63) is 12.2 Å². The average Bonchev–Trinajstić information content (AvgIpc) is 2.94. The highest BCUT2D eigenvalue weighted by Crippen LogP contribution is 2.37. The Morgan fingerprint density at radius 3 is 2.89 bits per heavy atom. The summed E-state index contributed by atoms with van der Waals surface area (Å²) in [4.78, 5) is 22.9. The molecule has 5 heteroatoms. The van der Waals surface area contributed by atoms with Gasteiger partial charge in [-0.1, -0.05) is 13.0 Å². The van der Waals surface area contributed by atoms with E-state index < -0.39 is 6.29 Å². The Morgan fingerprint density at radius 2 is 2.17 bits per heavy atom. The smallest absolute Gasteiger partial charge is 0.312 e. The number of hydrogen-bond acceptors (Lipinski definition) is 5. The summed E-state index contributed by atoms with van der Waals surface area (Å²) in [5.74, 6) is -0.598. The lowest BCUT2D eigenvalue weighted by Gasteiger charge is -2.16. The minimum absolute atomic E-state index is 0.0869. The van der Waals surface area contributed by atoms with E-state index in [0.717, 1.165) is 6.42 Å². The van der Waals surface area contributed by atoms with E-state index in [9.17, 15) is 9.59 Å². The first-order chi connectivity index (χ1) is 8.65. The van der Waals surface area contributed by atoms with Crippen LogP contribution < -0.4 is 0 Å². The minimum Gasteiger partial charge on any atom is -0.458 e. The number of carbonyl (C=O) groups excluding carboxylic acids is 2. The summed E-state index contributed by atoms with van der Waals surface area (Å²) < 4.78 is 15.8. The molecule has 98 valence electrons. The molecule has 0 N–H and O–H groups in total. The first kappa shape index (κ1) is 11.7. The maximum absolute atomic E-state index is 11.7. The average molecular weight is 252 g/mol. The Hall–Kier alpha value is -1.36. The molecule has 0 amide bonds. The lowest BCUT2D eigenvalue weighted by molar-refractivity contribution is -0.167. The minimum atomic E-state index is -0.506. The predicted molar refractivity (Wildman–Crippen MR) is 60.2 cm³/mol. The second-order valence-corrected chi connectivity index (χ2v) is 5.17. The van der Waals surface area contributed by atoms with E-state index in [0.29, 0.717) is 6.42 Å². The van der Waals surface area contributed by atoms with Crippen molar-refractivity contribution in [1.29, 1.82) is 0 Å². The lowest BCUT2D eigenvalue weighted by atomic mass is 9.92. The number of carbonyl (C=O) groups is 2. The Kier molecular flexibility index (Phi) is 2.86. The van der Waals surface area contributed by atoms with Crippen molar-refractivity contribution in [2.45, 2.75) is 32.2 Å². The highest BCUT2D eigenvalue weighted by Gasteiger charge is 2.45. The highest BCUT2D eigenvalue weighted by molar-refractivity contribution is 5.76. The first-order valence-electron chi connectivity index (χ1n) is 6.34. The van der Waals surface area contributed by atoms with Gasteiger partial charge in [-0.05, 0) is 12.5 Å². The number of fused-ring (bicyclic) bond motifs is 1. The van der Waals surface area contributed by atoms with E-state index in [1.807, 2.05) is 19.1 Å². The van der Waals surface area contributed by atoms with Crippen molar-refractivity contribution >= 4 is 11.9 Å². The topological polar surface area (TPSA) is 61.8 Å². The van der Waals surface area contributed by atoms with Gasteiger partial charge in [0.2, 0.25) is 6.29 Å². The van der Waals surface area contributed by atoms with Gasteiger partial charge in [0.1, 0.15) is 6.10 Å². The van der Waals surface area contributed by atoms with Crippen molar-refractivity contribution in [3.8, 4) is 0 Å². The zero-order valence-electron chi connectivity index (χ0n) is 10.2. The first-order valence-corrected chi connectivity index (χ1v) is 6.34. The summed E-state index contributed by atoms with van der Waals surface area (Å²) in [5, 5.41) is 0. The fourth-order valence-corrected chi connectivity index (χ4v) is 2.75. The van der Waals surface area contributed by atoms with Gasteiger partial charge in [0.05, 0.1) is 18.4 Å². The van der Waals surface area contributed by atoms with Gasteiger partial charge in [-0.3, -0.25) is 9.59 Å². The summed E-state index contributed by atoms with van der Waals surface area (Å²) in [5.41, 5.74) is 0. The quantitative estimate of drug-likeness (QED) is 0.554. The Bertz CT molecular complexity index is 402. The molecule has 0 spiro atoms. The summed E-state index contributed by atoms with van der Waals surface area (Å²) in [6.45, 7) is 2.08. The Balaban J connectivity index is 1.54. The molecular formula is C13H16O5. The van der Waals surface area contributed by atoms with Gasteiger partial charge in [-0.15, -0.1) is 0 Å². The van der Waals surface area contributed by atoms with Gasteiger partial charge < -0.3 is 14.2 Å². The van der Waals surface area contributed by atoms with Gasteiger partial charge in [-0.2, -0.15) is 0 Å². The molecule has 0 aromatic heterocycles. The van der Waals surface area contributed by atoms with Crippen LogP contribution in [0.3, 0.4) is 0 Å². The van der Waals surface area contributed by atoms with Gasteiger partial charge in [-0.25, -0.2) is 0 Å². The second kappa shape index (κ2) is 4.39. The molecule has 0 bridgehead atoms. The zero-order valence-corrected chi connectivity index (χ0v) is 10.2. The zero-order chi connectivity index (χ0) is 12.7. The van der Waals surface area contributed by atoms with Crippen LogP contribution in [0.25, 0.3) is 0 Å². The van der Waals surface area contributed by atoms with Crippen molar-refractivity contribution in [2.75, 3.05) is 6.61 Å². The molecule has 5 unspecified atom stereocenters. The van der Waals surface area contributed by atoms with Crippen molar-refractivity contribution in [1.82, 2.24) is 0 Å². The van der Waals surface area contributed by atoms with Gasteiger partial charge in [0, 0.05) is 12.3 Å². The molecule has 0 aromatic rings. The van der Waals surface area contributed by atoms with Gasteiger partial charge >= 0.3 is 11.9 Å². The van der Waals surface area contributed by atoms with Crippen LogP contribution in [0.1, 0.15) is 19.8 Å². The standard InChI is InChI=1S/C13H16O5/c1-7-5-11(18-12(7)14)16-6-9-8-3-2-4-10(8)17-13(9)15/h2,4,7-11H,3,5-6H2,1H3. The summed E-state index contributed by atoms with van der Waals surface area (Å²) >= 11 is 0. The Morgan fingerprint density at radius 1 is 1.33 bits per heavy atom. The van der Waals surface area contributed by atoms with E-state index in [-0.39, 0.29) is 42.4 Å². The number of allylic oxidation sites excluding steroid dienone is 1. The Labute approximate surface area is 105 Å². The molecule has 0 saturated carbocycles. The maximum Gasteiger partial charge on any atom is 0.312 e. The van der Waals surface area contributed by atoms with E-state index in [1.165, 1.54) is 0 Å². The lowest BCUT2D eigenvalue weighted by Crippen LogP contribution is -2.25. The van der Waals surface area contributed by atoms with E-state index in [2.05, 4.69) is 0 Å². The van der Waals surface area contributed by atoms with Crippen molar-refractivity contribution in [2.24, 2.45) is 17.8 Å². The molecule has 3 aliphatic rings. The predicted octanol–water partition coefficient (Wildman–Crippen LogP) is 1.03. The molecule has 18 heavy (non-hydrogen) atoms. The normalized spacial score (nSPS) is 41.9. The van der Waals surface area contributed by atoms with Crippen molar-refractivity contribution < 1.29 is 23.8 Å². The monoisotopic (exact) mass is 252 g/mol. The summed E-state index contributed by atoms with van der Waals surface area (Å²) in [6.07, 6.45) is 4.79. The van der Waals surface area contributed by atoms with Crippen molar-refractivity contribution in [3.63, 3.8) is 0 Å². The number of ether oxygens (including phenoxy) is 3. The number of esters is 2. The third-order valence-electron chi connectivity index (χ3n) is 3.89. The third-order valence-corrected chi connectivity index (χ3v) is 3.89. The fraction of sp³-hybridized carbons (Fsp3) is 0.692. The van der Waals surface area contributed by atoms with E-state index in [1.54, 1.807) is 0 Å². The maximum atomic E-state index is 11.7. The van der Waals surface area contributed by atoms with Crippen LogP contribution in [-0.4, -0.2) is 30.9 Å². The van der Waals surface area contributed by atoms with Gasteiger partial charge in [0.15, 0.2) is 0 Å². The molecule has 1 aliphatic carbocycles. The molecule has 2 saturated heterocycles. The summed E-state index contributed by atoms with van der Waals surface area (Å²) in [6, 6.07) is 0. The summed E-state index contributed by atoms with van der Waals surface area (Å²) in [7, 11) is 0. The third kappa shape index (κ3) is 1.92. The van der Waals surface area contributed by atoms with Crippen LogP contribution >= 0.6 is 0 Å². The number of rotatable bonds is 3. The fourth-order valence-electron chi connectivity index (χ4n) is 2.75. The molecule has 5 atom stereocenters. The van der Waals surface area contributed by atoms with E-state index >= 15 is 0 Å². The number of cyclic esters (lactones) is 1. The molecular weight excluding hydrogens is 236 g/mol. The molecule has 2 aliphatic heterocycles. The van der Waals surface area contributed by atoms with Crippen LogP contribution in [0.4, 0.5) is 0 Å². The van der Waals surface area contributed by atoms with Gasteiger partial charge in [0.25, 0.3) is 0 Å². The van der Waals surface area contributed by atoms with Crippen LogP contribution in [0.2, 0.25) is 0 Å².